The predicted octanol–water partition coefficient (Wildman–Crippen LogP) is 3.52. The Morgan fingerprint density at radius 2 is 1.76 bits per heavy atom. The fourth-order valence-corrected chi connectivity index (χ4v) is 2.44. The standard InChI is InChI=1S/C19H21N3O2S/c1-14(13-24-18-9-7-17(23-2)8-10-18)21-19(25)22-16-5-3-15(4-6-16)11-12-20/h3-10,14H,11,13H2,1-2H3,(H2,21,22,25)/t14-/m1/s1. The lowest BCUT2D eigenvalue weighted by Gasteiger charge is -2.18. The second kappa shape index (κ2) is 9.50. The molecule has 6 heteroatoms. The lowest BCUT2D eigenvalue weighted by molar-refractivity contribution is 0.286. The number of hydrogen-bond acceptors (Lipinski definition) is 4. The molecule has 0 saturated carbocycles. The smallest absolute Gasteiger partial charge is 0.171 e. The molecule has 0 radical (unpaired) electrons. The van der Waals surface area contributed by atoms with Crippen molar-refractivity contribution in [2.75, 3.05) is 19.0 Å². The van der Waals surface area contributed by atoms with Crippen LogP contribution in [0, 0.1) is 11.3 Å². The maximum atomic E-state index is 8.68. The fraction of sp³-hybridized carbons (Fsp3) is 0.263. The first-order valence-electron chi connectivity index (χ1n) is 7.91. The summed E-state index contributed by atoms with van der Waals surface area (Å²) in [6.07, 6.45) is 0.405. The zero-order valence-corrected chi connectivity index (χ0v) is 15.1. The Labute approximate surface area is 153 Å². The first-order valence-corrected chi connectivity index (χ1v) is 8.32. The molecule has 0 heterocycles. The van der Waals surface area contributed by atoms with Crippen molar-refractivity contribution in [3.05, 3.63) is 54.1 Å². The Bertz CT molecular complexity index is 724. The van der Waals surface area contributed by atoms with Gasteiger partial charge in [0.2, 0.25) is 0 Å². The summed E-state index contributed by atoms with van der Waals surface area (Å²) in [5.74, 6) is 1.58. The van der Waals surface area contributed by atoms with E-state index in [4.69, 9.17) is 27.0 Å². The average Bonchev–Trinajstić information content (AvgIpc) is 2.62. The van der Waals surface area contributed by atoms with Crippen molar-refractivity contribution in [2.45, 2.75) is 19.4 Å². The van der Waals surface area contributed by atoms with Gasteiger partial charge in [-0.2, -0.15) is 5.26 Å². The van der Waals surface area contributed by atoms with Gasteiger partial charge >= 0.3 is 0 Å². The Kier molecular flexibility index (Phi) is 7.05. The van der Waals surface area contributed by atoms with Crippen molar-refractivity contribution in [1.82, 2.24) is 5.32 Å². The van der Waals surface area contributed by atoms with Crippen LogP contribution in [0.4, 0.5) is 5.69 Å². The van der Waals surface area contributed by atoms with Crippen molar-refractivity contribution >= 4 is 23.0 Å². The van der Waals surface area contributed by atoms with Gasteiger partial charge in [-0.05, 0) is 61.1 Å². The summed E-state index contributed by atoms with van der Waals surface area (Å²) < 4.78 is 10.8. The Balaban J connectivity index is 1.76. The summed E-state index contributed by atoms with van der Waals surface area (Å²) in [7, 11) is 1.63. The largest absolute Gasteiger partial charge is 0.497 e. The van der Waals surface area contributed by atoms with E-state index in [0.29, 0.717) is 18.1 Å². The molecule has 0 spiro atoms. The summed E-state index contributed by atoms with van der Waals surface area (Å²) >= 11 is 5.31. The molecule has 2 N–H and O–H groups in total. The van der Waals surface area contributed by atoms with Gasteiger partial charge in [0.1, 0.15) is 18.1 Å². The SMILES string of the molecule is COc1ccc(OC[C@@H](C)NC(=S)Nc2ccc(CC#N)cc2)cc1. The summed E-state index contributed by atoms with van der Waals surface area (Å²) in [5.41, 5.74) is 1.86. The highest BCUT2D eigenvalue weighted by atomic mass is 32.1. The number of rotatable bonds is 7. The highest BCUT2D eigenvalue weighted by Gasteiger charge is 2.06. The Morgan fingerprint density at radius 3 is 2.36 bits per heavy atom. The van der Waals surface area contributed by atoms with Gasteiger partial charge in [0.05, 0.1) is 25.6 Å². The average molecular weight is 355 g/mol. The van der Waals surface area contributed by atoms with Crippen LogP contribution in [0.2, 0.25) is 0 Å². The van der Waals surface area contributed by atoms with Crippen LogP contribution in [0.15, 0.2) is 48.5 Å². The molecule has 1 atom stereocenters. The van der Waals surface area contributed by atoms with Crippen LogP contribution in [-0.2, 0) is 6.42 Å². The minimum absolute atomic E-state index is 0.0416. The van der Waals surface area contributed by atoms with Gasteiger partial charge in [0.25, 0.3) is 0 Å². The van der Waals surface area contributed by atoms with Gasteiger partial charge in [-0.25, -0.2) is 0 Å². The van der Waals surface area contributed by atoms with Gasteiger partial charge in [0.15, 0.2) is 5.11 Å². The highest BCUT2D eigenvalue weighted by molar-refractivity contribution is 7.80. The van der Waals surface area contributed by atoms with Gasteiger partial charge in [-0.1, -0.05) is 12.1 Å². The molecule has 0 saturated heterocycles. The molecule has 25 heavy (non-hydrogen) atoms. The third-order valence-electron chi connectivity index (χ3n) is 3.43. The topological polar surface area (TPSA) is 66.3 Å². The van der Waals surface area contributed by atoms with E-state index in [1.807, 2.05) is 55.5 Å². The van der Waals surface area contributed by atoms with Gasteiger partial charge in [-0.15, -0.1) is 0 Å². The second-order valence-corrected chi connectivity index (χ2v) is 5.93. The molecule has 0 aromatic heterocycles. The van der Waals surface area contributed by atoms with E-state index in [-0.39, 0.29) is 6.04 Å². The third-order valence-corrected chi connectivity index (χ3v) is 3.65. The number of nitriles is 1. The van der Waals surface area contributed by atoms with Crippen LogP contribution in [-0.4, -0.2) is 24.9 Å². The van der Waals surface area contributed by atoms with Gasteiger partial charge in [0, 0.05) is 5.69 Å². The summed E-state index contributed by atoms with van der Waals surface area (Å²) in [6.45, 7) is 2.47. The van der Waals surface area contributed by atoms with E-state index < -0.39 is 0 Å². The molecule has 0 unspecified atom stereocenters. The van der Waals surface area contributed by atoms with E-state index in [1.54, 1.807) is 7.11 Å². The molecule has 5 nitrogen and oxygen atoms in total. The molecule has 0 amide bonds. The predicted molar refractivity (Wildman–Crippen MR) is 103 cm³/mol. The Morgan fingerprint density at radius 1 is 1.12 bits per heavy atom. The minimum atomic E-state index is 0.0416. The van der Waals surface area contributed by atoms with Crippen molar-refractivity contribution < 1.29 is 9.47 Å². The molecule has 2 aromatic rings. The van der Waals surface area contributed by atoms with Crippen molar-refractivity contribution in [3.63, 3.8) is 0 Å². The molecule has 0 aliphatic carbocycles. The van der Waals surface area contributed by atoms with E-state index in [1.165, 1.54) is 0 Å². The number of nitrogens with zero attached hydrogens (tertiary/aromatic N) is 1. The third kappa shape index (κ3) is 6.32. The van der Waals surface area contributed by atoms with Crippen molar-refractivity contribution in [2.24, 2.45) is 0 Å². The van der Waals surface area contributed by atoms with Crippen molar-refractivity contribution in [1.29, 1.82) is 5.26 Å². The molecule has 0 aliphatic rings. The fourth-order valence-electron chi connectivity index (χ4n) is 2.12. The van der Waals surface area contributed by atoms with Crippen LogP contribution >= 0.6 is 12.2 Å². The summed E-state index contributed by atoms with van der Waals surface area (Å²) in [5, 5.41) is 15.5. The maximum absolute atomic E-state index is 8.68. The number of nitrogens with one attached hydrogen (secondary N) is 2. The Hall–Kier alpha value is -2.78. The molecule has 130 valence electrons. The molecule has 0 bridgehead atoms. The van der Waals surface area contributed by atoms with E-state index in [9.17, 15) is 0 Å². The summed E-state index contributed by atoms with van der Waals surface area (Å²) in [4.78, 5) is 0. The van der Waals surface area contributed by atoms with Crippen LogP contribution in [0.25, 0.3) is 0 Å². The maximum Gasteiger partial charge on any atom is 0.171 e. The molecule has 2 rings (SSSR count). The quantitative estimate of drug-likeness (QED) is 0.741. The number of ether oxygens (including phenoxy) is 2. The zero-order valence-electron chi connectivity index (χ0n) is 14.3. The number of methoxy groups -OCH3 is 1. The van der Waals surface area contributed by atoms with Crippen LogP contribution in [0.3, 0.4) is 0 Å². The van der Waals surface area contributed by atoms with Crippen LogP contribution in [0.5, 0.6) is 11.5 Å². The normalized spacial score (nSPS) is 11.1. The monoisotopic (exact) mass is 355 g/mol. The molecule has 0 fully saturated rings. The minimum Gasteiger partial charge on any atom is -0.497 e. The molecular formula is C19H21N3O2S. The lowest BCUT2D eigenvalue weighted by Crippen LogP contribution is -2.39. The lowest BCUT2D eigenvalue weighted by atomic mass is 10.1. The van der Waals surface area contributed by atoms with E-state index >= 15 is 0 Å². The second-order valence-electron chi connectivity index (χ2n) is 5.52. The number of benzene rings is 2. The van der Waals surface area contributed by atoms with Crippen LogP contribution in [0.1, 0.15) is 12.5 Å². The molecule has 0 aliphatic heterocycles. The van der Waals surface area contributed by atoms with Gasteiger partial charge < -0.3 is 20.1 Å². The van der Waals surface area contributed by atoms with Gasteiger partial charge in [-0.3, -0.25) is 0 Å². The first-order chi connectivity index (χ1) is 12.1. The highest BCUT2D eigenvalue weighted by Crippen LogP contribution is 2.17. The molecule has 2 aromatic carbocycles. The number of hydrogen-bond donors (Lipinski definition) is 2. The number of anilines is 1. The van der Waals surface area contributed by atoms with E-state index in [2.05, 4.69) is 16.7 Å². The zero-order chi connectivity index (χ0) is 18.1. The first kappa shape index (κ1) is 18.6. The number of thiocarbonyl (C=S) groups is 1. The van der Waals surface area contributed by atoms with E-state index in [0.717, 1.165) is 22.7 Å². The molecular weight excluding hydrogens is 334 g/mol. The summed E-state index contributed by atoms with van der Waals surface area (Å²) in [6, 6.07) is 17.2. The van der Waals surface area contributed by atoms with Crippen molar-refractivity contribution in [3.8, 4) is 17.6 Å². The van der Waals surface area contributed by atoms with Crippen LogP contribution < -0.4 is 20.1 Å².